The second-order valence-electron chi connectivity index (χ2n) is 4.89. The predicted molar refractivity (Wildman–Crippen MR) is 80.7 cm³/mol. The van der Waals surface area contributed by atoms with Crippen molar-refractivity contribution >= 4 is 38.3 Å². The number of amides is 1. The number of rotatable bonds is 4. The molecule has 2 aromatic rings. The molecule has 2 heterocycles. The van der Waals surface area contributed by atoms with E-state index in [4.69, 9.17) is 5.53 Å². The highest BCUT2D eigenvalue weighted by Gasteiger charge is 2.32. The molecule has 0 saturated carbocycles. The number of nitrogens with zero attached hydrogens (tertiary/aromatic N) is 6. The second-order valence-corrected chi connectivity index (χ2v) is 5.90. The fraction of sp³-hybridized carbons (Fsp3) is 0.333. The molecule has 1 atom stereocenters. The standard InChI is InChI=1S/C12H10N6O3S/c13-16-14-5-7-3-11(19)17(6-7)12-15-9-4-8(18(20)21)1-2-10(9)22-12/h1-2,4,7H,3,5-6H2. The minimum Gasteiger partial charge on any atom is -0.288 e. The summed E-state index contributed by atoms with van der Waals surface area (Å²) < 4.78 is 0.784. The SMILES string of the molecule is [N-]=[N+]=NCC1CC(=O)N(c2nc3cc([N+](=O)[O-])ccc3s2)C1. The Balaban J connectivity index is 1.88. The minimum absolute atomic E-state index is 0.0234. The predicted octanol–water partition coefficient (Wildman–Crippen LogP) is 2.87. The van der Waals surface area contributed by atoms with Crippen molar-refractivity contribution in [3.63, 3.8) is 0 Å². The molecule has 22 heavy (non-hydrogen) atoms. The number of hydrogen-bond donors (Lipinski definition) is 0. The number of aromatic nitrogens is 1. The number of benzene rings is 1. The molecule has 1 aliphatic heterocycles. The van der Waals surface area contributed by atoms with Crippen molar-refractivity contribution in [3.05, 3.63) is 38.8 Å². The molecule has 0 spiro atoms. The number of nitro benzene ring substituents is 1. The van der Waals surface area contributed by atoms with Gasteiger partial charge in [-0.15, -0.1) is 0 Å². The molecule has 10 heteroatoms. The van der Waals surface area contributed by atoms with Crippen molar-refractivity contribution in [2.45, 2.75) is 6.42 Å². The van der Waals surface area contributed by atoms with Crippen LogP contribution in [0.1, 0.15) is 6.42 Å². The van der Waals surface area contributed by atoms with Crippen molar-refractivity contribution in [2.75, 3.05) is 18.0 Å². The van der Waals surface area contributed by atoms with Crippen LogP contribution in [-0.4, -0.2) is 28.9 Å². The van der Waals surface area contributed by atoms with Crippen LogP contribution < -0.4 is 4.90 Å². The van der Waals surface area contributed by atoms with Crippen LogP contribution in [0.15, 0.2) is 23.3 Å². The van der Waals surface area contributed by atoms with Crippen LogP contribution in [0.2, 0.25) is 0 Å². The summed E-state index contributed by atoms with van der Waals surface area (Å²) in [5, 5.41) is 14.8. The first-order chi connectivity index (χ1) is 10.6. The Kier molecular flexibility index (Phi) is 3.61. The number of carbonyl (C=O) groups is 1. The molecule has 1 fully saturated rings. The number of anilines is 1. The van der Waals surface area contributed by atoms with E-state index in [1.54, 1.807) is 11.0 Å². The van der Waals surface area contributed by atoms with Gasteiger partial charge in [-0.3, -0.25) is 19.8 Å². The molecule has 1 aromatic carbocycles. The molecule has 0 N–H and O–H groups in total. The summed E-state index contributed by atoms with van der Waals surface area (Å²) in [4.78, 5) is 30.9. The van der Waals surface area contributed by atoms with E-state index >= 15 is 0 Å². The summed E-state index contributed by atoms with van der Waals surface area (Å²) in [6.07, 6.45) is 0.315. The molecule has 0 radical (unpaired) electrons. The Hall–Kier alpha value is -2.71. The monoisotopic (exact) mass is 318 g/mol. The van der Waals surface area contributed by atoms with Gasteiger partial charge in [-0.25, -0.2) is 4.98 Å². The summed E-state index contributed by atoms with van der Waals surface area (Å²) in [7, 11) is 0. The topological polar surface area (TPSA) is 125 Å². The van der Waals surface area contributed by atoms with Gasteiger partial charge in [-0.05, 0) is 17.5 Å². The lowest BCUT2D eigenvalue weighted by atomic mass is 10.1. The van der Waals surface area contributed by atoms with Gasteiger partial charge in [0, 0.05) is 36.6 Å². The molecule has 1 aromatic heterocycles. The maximum Gasteiger partial charge on any atom is 0.271 e. The van der Waals surface area contributed by atoms with E-state index in [0.29, 0.717) is 23.6 Å². The van der Waals surface area contributed by atoms with Gasteiger partial charge in [0.2, 0.25) is 5.91 Å². The second kappa shape index (κ2) is 5.58. The number of carbonyl (C=O) groups excluding carboxylic acids is 1. The Bertz CT molecular complexity index is 812. The zero-order chi connectivity index (χ0) is 15.7. The largest absolute Gasteiger partial charge is 0.288 e. The number of fused-ring (bicyclic) bond motifs is 1. The zero-order valence-corrected chi connectivity index (χ0v) is 12.1. The number of thiazole rings is 1. The van der Waals surface area contributed by atoms with Crippen LogP contribution >= 0.6 is 11.3 Å². The number of nitro groups is 1. The van der Waals surface area contributed by atoms with E-state index in [-0.39, 0.29) is 24.1 Å². The van der Waals surface area contributed by atoms with Crippen LogP contribution in [0.4, 0.5) is 10.8 Å². The first-order valence-electron chi connectivity index (χ1n) is 6.44. The third kappa shape index (κ3) is 2.57. The summed E-state index contributed by atoms with van der Waals surface area (Å²) >= 11 is 1.31. The third-order valence-corrected chi connectivity index (χ3v) is 4.47. The zero-order valence-electron chi connectivity index (χ0n) is 11.2. The summed E-state index contributed by atoms with van der Waals surface area (Å²) in [5.74, 6) is -0.101. The van der Waals surface area contributed by atoms with E-state index in [2.05, 4.69) is 15.0 Å². The fourth-order valence-electron chi connectivity index (χ4n) is 2.37. The average molecular weight is 318 g/mol. The summed E-state index contributed by atoms with van der Waals surface area (Å²) in [6, 6.07) is 4.44. The molecule has 0 bridgehead atoms. The van der Waals surface area contributed by atoms with E-state index in [1.807, 2.05) is 0 Å². The lowest BCUT2D eigenvalue weighted by Gasteiger charge is -2.11. The van der Waals surface area contributed by atoms with Gasteiger partial charge in [0.25, 0.3) is 5.69 Å². The van der Waals surface area contributed by atoms with Crippen LogP contribution in [0.5, 0.6) is 0 Å². The van der Waals surface area contributed by atoms with Crippen molar-refractivity contribution in [1.29, 1.82) is 0 Å². The van der Waals surface area contributed by atoms with Gasteiger partial charge in [0.15, 0.2) is 5.13 Å². The van der Waals surface area contributed by atoms with Crippen molar-refractivity contribution < 1.29 is 9.72 Å². The molecule has 1 amide bonds. The quantitative estimate of drug-likeness (QED) is 0.282. The first kappa shape index (κ1) is 14.2. The molecular formula is C12H10N6O3S. The minimum atomic E-state index is -0.477. The normalized spacial score (nSPS) is 17.7. The first-order valence-corrected chi connectivity index (χ1v) is 7.26. The Labute approximate surface area is 128 Å². The van der Waals surface area contributed by atoms with E-state index < -0.39 is 4.92 Å². The third-order valence-electron chi connectivity index (χ3n) is 3.41. The van der Waals surface area contributed by atoms with Crippen molar-refractivity contribution in [3.8, 4) is 0 Å². The highest BCUT2D eigenvalue weighted by Crippen LogP contribution is 2.34. The van der Waals surface area contributed by atoms with Gasteiger partial charge in [0.1, 0.15) is 0 Å². The smallest absolute Gasteiger partial charge is 0.271 e. The van der Waals surface area contributed by atoms with Crippen LogP contribution in [-0.2, 0) is 4.79 Å². The van der Waals surface area contributed by atoms with E-state index in [1.165, 1.54) is 23.5 Å². The lowest BCUT2D eigenvalue weighted by Crippen LogP contribution is -2.24. The van der Waals surface area contributed by atoms with Gasteiger partial charge in [-0.2, -0.15) is 0 Å². The molecule has 1 aliphatic rings. The molecular weight excluding hydrogens is 308 g/mol. The number of hydrogen-bond acceptors (Lipinski definition) is 6. The van der Waals surface area contributed by atoms with Gasteiger partial charge in [-0.1, -0.05) is 16.5 Å². The van der Waals surface area contributed by atoms with Gasteiger partial charge in [0.05, 0.1) is 15.1 Å². The number of azide groups is 1. The van der Waals surface area contributed by atoms with E-state index in [0.717, 1.165) is 4.70 Å². The van der Waals surface area contributed by atoms with Crippen molar-refractivity contribution in [2.24, 2.45) is 11.0 Å². The fourth-order valence-corrected chi connectivity index (χ4v) is 3.35. The van der Waals surface area contributed by atoms with E-state index in [9.17, 15) is 14.9 Å². The average Bonchev–Trinajstić information content (AvgIpc) is 3.07. The Morgan fingerprint density at radius 1 is 1.59 bits per heavy atom. The van der Waals surface area contributed by atoms with Crippen molar-refractivity contribution in [1.82, 2.24) is 4.98 Å². The summed E-state index contributed by atoms with van der Waals surface area (Å²) in [6.45, 7) is 0.717. The molecule has 1 saturated heterocycles. The summed E-state index contributed by atoms with van der Waals surface area (Å²) in [5.41, 5.74) is 8.81. The Morgan fingerprint density at radius 2 is 2.41 bits per heavy atom. The molecule has 3 rings (SSSR count). The van der Waals surface area contributed by atoms with Gasteiger partial charge >= 0.3 is 0 Å². The molecule has 1 unspecified atom stereocenters. The highest BCUT2D eigenvalue weighted by molar-refractivity contribution is 7.22. The van der Waals surface area contributed by atoms with Crippen LogP contribution in [0.25, 0.3) is 20.7 Å². The molecule has 0 aliphatic carbocycles. The van der Waals surface area contributed by atoms with Crippen LogP contribution in [0, 0.1) is 16.0 Å². The maximum absolute atomic E-state index is 12.0. The number of non-ortho nitro benzene ring substituents is 1. The molecule has 112 valence electrons. The highest BCUT2D eigenvalue weighted by atomic mass is 32.1. The van der Waals surface area contributed by atoms with Crippen LogP contribution in [0.3, 0.4) is 0 Å². The molecule has 9 nitrogen and oxygen atoms in total. The lowest BCUT2D eigenvalue weighted by molar-refractivity contribution is -0.384. The van der Waals surface area contributed by atoms with Gasteiger partial charge < -0.3 is 0 Å². The maximum atomic E-state index is 12.0. The Morgan fingerprint density at radius 3 is 3.14 bits per heavy atom.